The van der Waals surface area contributed by atoms with E-state index in [1.54, 1.807) is 0 Å². The molecule has 3 aromatic rings. The van der Waals surface area contributed by atoms with E-state index in [1.165, 1.54) is 41.7 Å². The molecule has 0 spiro atoms. The van der Waals surface area contributed by atoms with Crippen molar-refractivity contribution in [3.05, 3.63) is 65.0 Å². The Morgan fingerprint density at radius 3 is 2.75 bits per heavy atom. The highest BCUT2D eigenvalue weighted by Crippen LogP contribution is 2.29. The average molecular weight is 393 g/mol. The van der Waals surface area contributed by atoms with E-state index in [4.69, 9.17) is 4.74 Å². The minimum Gasteiger partial charge on any atom is -0.494 e. The second-order valence-corrected chi connectivity index (χ2v) is 7.90. The third-order valence-electron chi connectivity index (χ3n) is 4.95. The molecule has 0 unspecified atom stereocenters. The molecular weight excluding hydrogens is 368 g/mol. The molecule has 5 heteroatoms. The predicted molar refractivity (Wildman–Crippen MR) is 114 cm³/mol. The van der Waals surface area contributed by atoms with Crippen molar-refractivity contribution >= 4 is 22.4 Å². The fourth-order valence-corrected chi connectivity index (χ4v) is 4.21. The van der Waals surface area contributed by atoms with Gasteiger partial charge in [0.1, 0.15) is 5.75 Å². The molecule has 0 aliphatic heterocycles. The summed E-state index contributed by atoms with van der Waals surface area (Å²) in [5.41, 5.74) is 4.98. The molecule has 144 valence electrons. The molecule has 2 aromatic carbocycles. The lowest BCUT2D eigenvalue weighted by molar-refractivity contribution is -0.116. The van der Waals surface area contributed by atoms with E-state index in [-0.39, 0.29) is 5.91 Å². The van der Waals surface area contributed by atoms with Crippen LogP contribution in [-0.4, -0.2) is 17.5 Å². The standard InChI is InChI=1S/C23H24N2O2S/c26-22(11-6-14-27-20-9-2-1-3-10-20)25-23-24-21(16-28-23)19-13-12-17-7-4-5-8-18(17)15-19/h1-3,9-10,12-13,15-16H,4-8,11,14H2,(H,24,25,26). The number of hydrogen-bond acceptors (Lipinski definition) is 4. The normalized spacial score (nSPS) is 13.0. The molecule has 1 N–H and O–H groups in total. The summed E-state index contributed by atoms with van der Waals surface area (Å²) < 4.78 is 5.62. The fraction of sp³-hybridized carbons (Fsp3) is 0.304. The minimum atomic E-state index is -0.0250. The molecule has 4 nitrogen and oxygen atoms in total. The van der Waals surface area contributed by atoms with Gasteiger partial charge < -0.3 is 10.1 Å². The maximum atomic E-state index is 12.2. The van der Waals surface area contributed by atoms with Gasteiger partial charge in [0, 0.05) is 17.4 Å². The SMILES string of the molecule is O=C(CCCOc1ccccc1)Nc1nc(-c2ccc3c(c2)CCCC3)cs1. The maximum Gasteiger partial charge on any atom is 0.226 e. The molecular formula is C23H24N2O2S. The zero-order valence-electron chi connectivity index (χ0n) is 15.8. The van der Waals surface area contributed by atoms with Gasteiger partial charge in [-0.3, -0.25) is 4.79 Å². The van der Waals surface area contributed by atoms with E-state index in [9.17, 15) is 4.79 Å². The van der Waals surface area contributed by atoms with Crippen LogP contribution in [0.3, 0.4) is 0 Å². The number of anilines is 1. The molecule has 1 aromatic heterocycles. The number of aromatic nitrogens is 1. The van der Waals surface area contributed by atoms with Gasteiger partial charge in [0.15, 0.2) is 5.13 Å². The van der Waals surface area contributed by atoms with Gasteiger partial charge in [0.25, 0.3) is 0 Å². The molecule has 1 aliphatic carbocycles. The Hall–Kier alpha value is -2.66. The first-order chi connectivity index (χ1) is 13.8. The number of thiazole rings is 1. The molecule has 0 atom stereocenters. The van der Waals surface area contributed by atoms with Crippen molar-refractivity contribution in [3.8, 4) is 17.0 Å². The Balaban J connectivity index is 1.28. The van der Waals surface area contributed by atoms with Gasteiger partial charge in [0.05, 0.1) is 12.3 Å². The lowest BCUT2D eigenvalue weighted by Gasteiger charge is -2.16. The first-order valence-corrected chi connectivity index (χ1v) is 10.7. The zero-order chi connectivity index (χ0) is 19.2. The van der Waals surface area contributed by atoms with Crippen LogP contribution in [0.15, 0.2) is 53.9 Å². The Labute approximate surface area is 169 Å². The minimum absolute atomic E-state index is 0.0250. The molecule has 0 saturated heterocycles. The molecule has 1 amide bonds. The Morgan fingerprint density at radius 1 is 1.07 bits per heavy atom. The van der Waals surface area contributed by atoms with E-state index < -0.39 is 0 Å². The van der Waals surface area contributed by atoms with Crippen molar-refractivity contribution in [1.82, 2.24) is 4.98 Å². The van der Waals surface area contributed by atoms with Gasteiger partial charge in [-0.25, -0.2) is 4.98 Å². The number of amides is 1. The van der Waals surface area contributed by atoms with E-state index in [0.717, 1.165) is 23.4 Å². The van der Waals surface area contributed by atoms with Crippen LogP contribution in [0.25, 0.3) is 11.3 Å². The second kappa shape index (κ2) is 9.02. The number of benzene rings is 2. The van der Waals surface area contributed by atoms with Crippen LogP contribution >= 0.6 is 11.3 Å². The molecule has 28 heavy (non-hydrogen) atoms. The Bertz CT molecular complexity index is 937. The number of aryl methyl sites for hydroxylation is 2. The predicted octanol–water partition coefficient (Wildman–Crippen LogP) is 5.49. The Morgan fingerprint density at radius 2 is 1.89 bits per heavy atom. The van der Waals surface area contributed by atoms with E-state index >= 15 is 0 Å². The summed E-state index contributed by atoms with van der Waals surface area (Å²) in [6, 6.07) is 16.3. The van der Waals surface area contributed by atoms with Crippen molar-refractivity contribution in [2.24, 2.45) is 0 Å². The smallest absolute Gasteiger partial charge is 0.226 e. The van der Waals surface area contributed by atoms with Crippen LogP contribution in [0, 0.1) is 0 Å². The number of fused-ring (bicyclic) bond motifs is 1. The van der Waals surface area contributed by atoms with Crippen LogP contribution in [0.1, 0.15) is 36.8 Å². The highest BCUT2D eigenvalue weighted by molar-refractivity contribution is 7.14. The van der Waals surface area contributed by atoms with Crippen LogP contribution in [0.4, 0.5) is 5.13 Å². The monoisotopic (exact) mass is 392 g/mol. The van der Waals surface area contributed by atoms with E-state index in [0.29, 0.717) is 24.6 Å². The molecule has 4 rings (SSSR count). The summed E-state index contributed by atoms with van der Waals surface area (Å²) in [4.78, 5) is 16.8. The summed E-state index contributed by atoms with van der Waals surface area (Å²) >= 11 is 1.47. The summed E-state index contributed by atoms with van der Waals surface area (Å²) in [7, 11) is 0. The molecule has 0 bridgehead atoms. The summed E-state index contributed by atoms with van der Waals surface area (Å²) in [5, 5.41) is 5.57. The fourth-order valence-electron chi connectivity index (χ4n) is 3.48. The van der Waals surface area contributed by atoms with E-state index in [2.05, 4.69) is 28.5 Å². The number of ether oxygens (including phenoxy) is 1. The largest absolute Gasteiger partial charge is 0.494 e. The number of hydrogen-bond donors (Lipinski definition) is 1. The molecule has 1 aliphatic rings. The number of nitrogens with zero attached hydrogens (tertiary/aromatic N) is 1. The average Bonchev–Trinajstić information content (AvgIpc) is 3.20. The molecule has 0 saturated carbocycles. The highest BCUT2D eigenvalue weighted by atomic mass is 32.1. The molecule has 0 fully saturated rings. The van der Waals surface area contributed by atoms with Crippen molar-refractivity contribution in [1.29, 1.82) is 0 Å². The number of carbonyl (C=O) groups is 1. The van der Waals surface area contributed by atoms with Gasteiger partial charge in [-0.15, -0.1) is 11.3 Å². The van der Waals surface area contributed by atoms with Gasteiger partial charge in [-0.2, -0.15) is 0 Å². The number of carbonyl (C=O) groups excluding carboxylic acids is 1. The quantitative estimate of drug-likeness (QED) is 0.541. The van der Waals surface area contributed by atoms with Crippen molar-refractivity contribution in [3.63, 3.8) is 0 Å². The van der Waals surface area contributed by atoms with Gasteiger partial charge >= 0.3 is 0 Å². The van der Waals surface area contributed by atoms with Crippen molar-refractivity contribution in [2.75, 3.05) is 11.9 Å². The van der Waals surface area contributed by atoms with Crippen LogP contribution in [0.5, 0.6) is 5.75 Å². The molecule has 0 radical (unpaired) electrons. The third kappa shape index (κ3) is 4.78. The highest BCUT2D eigenvalue weighted by Gasteiger charge is 2.12. The second-order valence-electron chi connectivity index (χ2n) is 7.04. The number of nitrogens with one attached hydrogen (secondary N) is 1. The zero-order valence-corrected chi connectivity index (χ0v) is 16.6. The first kappa shape index (κ1) is 18.7. The third-order valence-corrected chi connectivity index (χ3v) is 5.71. The van der Waals surface area contributed by atoms with Gasteiger partial charge in [0.2, 0.25) is 5.91 Å². The Kier molecular flexibility index (Phi) is 6.02. The lowest BCUT2D eigenvalue weighted by Crippen LogP contribution is -2.12. The van der Waals surface area contributed by atoms with E-state index in [1.807, 2.05) is 35.7 Å². The van der Waals surface area contributed by atoms with Crippen LogP contribution < -0.4 is 10.1 Å². The van der Waals surface area contributed by atoms with Gasteiger partial charge in [-0.05, 0) is 61.4 Å². The lowest BCUT2D eigenvalue weighted by atomic mass is 9.90. The maximum absolute atomic E-state index is 12.2. The number of para-hydroxylation sites is 1. The van der Waals surface area contributed by atoms with Gasteiger partial charge in [-0.1, -0.05) is 30.3 Å². The van der Waals surface area contributed by atoms with Crippen molar-refractivity contribution in [2.45, 2.75) is 38.5 Å². The van der Waals surface area contributed by atoms with Crippen molar-refractivity contribution < 1.29 is 9.53 Å². The van der Waals surface area contributed by atoms with Crippen LogP contribution in [0.2, 0.25) is 0 Å². The topological polar surface area (TPSA) is 51.2 Å². The number of rotatable bonds is 7. The summed E-state index contributed by atoms with van der Waals surface area (Å²) in [6.07, 6.45) is 5.98. The summed E-state index contributed by atoms with van der Waals surface area (Å²) in [5.74, 6) is 0.806. The summed E-state index contributed by atoms with van der Waals surface area (Å²) in [6.45, 7) is 0.523. The van der Waals surface area contributed by atoms with Crippen LogP contribution in [-0.2, 0) is 17.6 Å². The first-order valence-electron chi connectivity index (χ1n) is 9.83. The molecule has 1 heterocycles.